The van der Waals surface area contributed by atoms with E-state index in [-0.39, 0.29) is 29.6 Å². The van der Waals surface area contributed by atoms with Crippen molar-refractivity contribution in [1.82, 2.24) is 10.6 Å². The second-order valence-electron chi connectivity index (χ2n) is 6.55. The van der Waals surface area contributed by atoms with Crippen molar-refractivity contribution in [3.63, 3.8) is 0 Å². The lowest BCUT2D eigenvalue weighted by molar-refractivity contribution is -0.114. The standard InChI is InChI=1S/C19H29FN4O2S/c1-3-21-19(24-16-6-5-7-17(12-16)27(26)4-2)22-13-18(25)23-15-10-8-14(20)9-11-15/h8-11,16-17H,3-7,12-13H2,1-2H3,(H,23,25)(H2,21,22,24). The third kappa shape index (κ3) is 7.28. The highest BCUT2D eigenvalue weighted by atomic mass is 32.2. The molecule has 0 spiro atoms. The van der Waals surface area contributed by atoms with Crippen LogP contribution in [0.2, 0.25) is 0 Å². The molecule has 1 amide bonds. The van der Waals surface area contributed by atoms with Gasteiger partial charge in [0.1, 0.15) is 12.4 Å². The topological polar surface area (TPSA) is 82.6 Å². The Kier molecular flexibility index (Phi) is 8.71. The van der Waals surface area contributed by atoms with Crippen LogP contribution >= 0.6 is 0 Å². The van der Waals surface area contributed by atoms with E-state index in [1.54, 1.807) is 0 Å². The van der Waals surface area contributed by atoms with Crippen LogP contribution in [0.15, 0.2) is 29.3 Å². The average molecular weight is 397 g/mol. The maximum Gasteiger partial charge on any atom is 0.246 e. The molecule has 0 saturated heterocycles. The predicted molar refractivity (Wildman–Crippen MR) is 109 cm³/mol. The number of halogens is 1. The number of aliphatic imine (C=N–C) groups is 1. The van der Waals surface area contributed by atoms with Crippen LogP contribution in [-0.4, -0.2) is 46.2 Å². The molecule has 8 heteroatoms. The highest BCUT2D eigenvalue weighted by molar-refractivity contribution is 7.85. The number of hydrogen-bond donors (Lipinski definition) is 3. The molecule has 1 saturated carbocycles. The van der Waals surface area contributed by atoms with Crippen LogP contribution < -0.4 is 16.0 Å². The Morgan fingerprint density at radius 1 is 1.26 bits per heavy atom. The van der Waals surface area contributed by atoms with Gasteiger partial charge in [0.25, 0.3) is 0 Å². The van der Waals surface area contributed by atoms with E-state index in [1.165, 1.54) is 24.3 Å². The Morgan fingerprint density at radius 3 is 2.67 bits per heavy atom. The van der Waals surface area contributed by atoms with Crippen molar-refractivity contribution in [3.8, 4) is 0 Å². The molecule has 6 nitrogen and oxygen atoms in total. The molecular weight excluding hydrogens is 367 g/mol. The van der Waals surface area contributed by atoms with Crippen molar-refractivity contribution < 1.29 is 13.4 Å². The highest BCUT2D eigenvalue weighted by Crippen LogP contribution is 2.23. The van der Waals surface area contributed by atoms with Gasteiger partial charge in [0.2, 0.25) is 5.91 Å². The summed E-state index contributed by atoms with van der Waals surface area (Å²) in [5.74, 6) is 0.654. The molecule has 2 rings (SSSR count). The van der Waals surface area contributed by atoms with Gasteiger partial charge in [-0.05, 0) is 50.5 Å². The number of amides is 1. The summed E-state index contributed by atoms with van der Waals surface area (Å²) in [6.07, 6.45) is 3.90. The molecule has 27 heavy (non-hydrogen) atoms. The van der Waals surface area contributed by atoms with Gasteiger partial charge in [-0.1, -0.05) is 13.3 Å². The lowest BCUT2D eigenvalue weighted by atomic mass is 9.95. The zero-order valence-corrected chi connectivity index (χ0v) is 16.8. The van der Waals surface area contributed by atoms with E-state index in [0.29, 0.717) is 23.9 Å². The number of anilines is 1. The first-order valence-electron chi connectivity index (χ1n) is 9.49. The number of benzene rings is 1. The maximum atomic E-state index is 12.9. The quantitative estimate of drug-likeness (QED) is 0.488. The summed E-state index contributed by atoms with van der Waals surface area (Å²) >= 11 is 0. The average Bonchev–Trinajstić information content (AvgIpc) is 2.67. The molecule has 0 bridgehead atoms. The maximum absolute atomic E-state index is 12.9. The fourth-order valence-corrected chi connectivity index (χ4v) is 4.50. The van der Waals surface area contributed by atoms with Gasteiger partial charge in [-0.15, -0.1) is 0 Å². The van der Waals surface area contributed by atoms with E-state index in [2.05, 4.69) is 20.9 Å². The molecule has 0 heterocycles. The van der Waals surface area contributed by atoms with E-state index >= 15 is 0 Å². The van der Waals surface area contributed by atoms with Crippen LogP contribution in [0.3, 0.4) is 0 Å². The Morgan fingerprint density at radius 2 is 2.00 bits per heavy atom. The lowest BCUT2D eigenvalue weighted by Crippen LogP contribution is -2.47. The minimum Gasteiger partial charge on any atom is -0.357 e. The van der Waals surface area contributed by atoms with Gasteiger partial charge < -0.3 is 16.0 Å². The van der Waals surface area contributed by atoms with Crippen molar-refractivity contribution in [2.75, 3.05) is 24.2 Å². The monoisotopic (exact) mass is 396 g/mol. The minimum absolute atomic E-state index is 0.0379. The van der Waals surface area contributed by atoms with Crippen molar-refractivity contribution >= 4 is 28.4 Å². The molecule has 1 fully saturated rings. The molecule has 1 aromatic rings. The van der Waals surface area contributed by atoms with Crippen LogP contribution in [0, 0.1) is 5.82 Å². The van der Waals surface area contributed by atoms with Gasteiger partial charge >= 0.3 is 0 Å². The molecule has 1 aliphatic rings. The van der Waals surface area contributed by atoms with Crippen molar-refractivity contribution in [1.29, 1.82) is 0 Å². The van der Waals surface area contributed by atoms with E-state index in [0.717, 1.165) is 25.7 Å². The van der Waals surface area contributed by atoms with Crippen LogP contribution in [0.5, 0.6) is 0 Å². The normalized spacial score (nSPS) is 21.4. The highest BCUT2D eigenvalue weighted by Gasteiger charge is 2.26. The van der Waals surface area contributed by atoms with Gasteiger partial charge in [0.15, 0.2) is 5.96 Å². The number of carbonyl (C=O) groups is 1. The number of guanidine groups is 1. The van der Waals surface area contributed by atoms with E-state index < -0.39 is 10.8 Å². The Balaban J connectivity index is 1.90. The largest absolute Gasteiger partial charge is 0.357 e. The zero-order valence-electron chi connectivity index (χ0n) is 16.0. The number of rotatable bonds is 7. The molecule has 150 valence electrons. The van der Waals surface area contributed by atoms with Crippen LogP contribution in [0.25, 0.3) is 0 Å². The Bertz CT molecular complexity index is 666. The van der Waals surface area contributed by atoms with E-state index in [4.69, 9.17) is 0 Å². The van der Waals surface area contributed by atoms with Crippen molar-refractivity contribution in [2.45, 2.75) is 50.8 Å². The smallest absolute Gasteiger partial charge is 0.246 e. The summed E-state index contributed by atoms with van der Waals surface area (Å²) in [7, 11) is -0.779. The molecule has 3 atom stereocenters. The molecule has 0 radical (unpaired) electrons. The summed E-state index contributed by atoms with van der Waals surface area (Å²) in [6, 6.07) is 5.82. The first kappa shape index (κ1) is 21.3. The Hall–Kier alpha value is -1.96. The van der Waals surface area contributed by atoms with Crippen LogP contribution in [0.4, 0.5) is 10.1 Å². The molecule has 0 aromatic heterocycles. The van der Waals surface area contributed by atoms with Crippen LogP contribution in [0.1, 0.15) is 39.5 Å². The van der Waals surface area contributed by atoms with Gasteiger partial charge in [-0.2, -0.15) is 0 Å². The fourth-order valence-electron chi connectivity index (χ4n) is 3.15. The van der Waals surface area contributed by atoms with Gasteiger partial charge in [0.05, 0.1) is 0 Å². The SMILES string of the molecule is CCNC(=NCC(=O)Nc1ccc(F)cc1)NC1CCCC(S(=O)CC)C1. The van der Waals surface area contributed by atoms with E-state index in [1.807, 2.05) is 13.8 Å². The number of carbonyl (C=O) groups excluding carboxylic acids is 1. The summed E-state index contributed by atoms with van der Waals surface area (Å²) < 4.78 is 25.0. The van der Waals surface area contributed by atoms with Gasteiger partial charge in [-0.25, -0.2) is 9.38 Å². The lowest BCUT2D eigenvalue weighted by Gasteiger charge is -2.30. The van der Waals surface area contributed by atoms with Gasteiger partial charge in [0, 0.05) is 40.1 Å². The summed E-state index contributed by atoms with van der Waals surface area (Å²) in [4.78, 5) is 16.4. The first-order chi connectivity index (χ1) is 13.0. The number of hydrogen-bond acceptors (Lipinski definition) is 3. The number of nitrogens with one attached hydrogen (secondary N) is 3. The molecule has 3 unspecified atom stereocenters. The Labute approximate surface area is 162 Å². The van der Waals surface area contributed by atoms with Gasteiger partial charge in [-0.3, -0.25) is 9.00 Å². The zero-order chi connectivity index (χ0) is 19.6. The summed E-state index contributed by atoms with van der Waals surface area (Å²) in [6.45, 7) is 4.57. The summed E-state index contributed by atoms with van der Waals surface area (Å²) in [5, 5.41) is 9.43. The number of nitrogens with zero attached hydrogens (tertiary/aromatic N) is 1. The molecule has 0 aliphatic heterocycles. The molecular formula is C19H29FN4O2S. The first-order valence-corrected chi connectivity index (χ1v) is 10.9. The second-order valence-corrected chi connectivity index (χ2v) is 8.56. The molecule has 3 N–H and O–H groups in total. The second kappa shape index (κ2) is 11.0. The fraction of sp³-hybridized carbons (Fsp3) is 0.579. The third-order valence-corrected chi connectivity index (χ3v) is 6.22. The summed E-state index contributed by atoms with van der Waals surface area (Å²) in [5.41, 5.74) is 0.534. The predicted octanol–water partition coefficient (Wildman–Crippen LogP) is 2.40. The van der Waals surface area contributed by atoms with Crippen LogP contribution in [-0.2, 0) is 15.6 Å². The molecule has 1 aromatic carbocycles. The third-order valence-electron chi connectivity index (χ3n) is 4.48. The van der Waals surface area contributed by atoms with Crippen molar-refractivity contribution in [2.24, 2.45) is 4.99 Å². The van der Waals surface area contributed by atoms with E-state index in [9.17, 15) is 13.4 Å². The van der Waals surface area contributed by atoms with Crippen molar-refractivity contribution in [3.05, 3.63) is 30.1 Å². The molecule has 1 aliphatic carbocycles. The minimum atomic E-state index is -0.779.